The zero-order valence-electron chi connectivity index (χ0n) is 12.2. The third-order valence-electron chi connectivity index (χ3n) is 4.95. The first-order valence-corrected chi connectivity index (χ1v) is 8.85. The number of hydrogen-bond acceptors (Lipinski definition) is 2. The Kier molecular flexibility index (Phi) is 3.42. The van der Waals surface area contributed by atoms with E-state index in [0.717, 1.165) is 11.3 Å². The Labute approximate surface area is 130 Å². The lowest BCUT2D eigenvalue weighted by atomic mass is 9.80. The second-order valence-corrected chi connectivity index (χ2v) is 7.46. The van der Waals surface area contributed by atoms with Crippen LogP contribution in [0.4, 0.5) is 0 Å². The summed E-state index contributed by atoms with van der Waals surface area (Å²) in [7, 11) is 0. The molecule has 2 heteroatoms. The highest BCUT2D eigenvalue weighted by atomic mass is 32.1. The van der Waals surface area contributed by atoms with Gasteiger partial charge in [-0.05, 0) is 67.2 Å². The first-order chi connectivity index (χ1) is 10.3. The molecule has 0 radical (unpaired) electrons. The monoisotopic (exact) mass is 296 g/mol. The van der Waals surface area contributed by atoms with E-state index in [4.69, 9.17) is 0 Å². The Morgan fingerprint density at radius 2 is 1.95 bits per heavy atom. The molecule has 2 aliphatic carbocycles. The molecule has 4 rings (SSSR count). The van der Waals surface area contributed by atoms with Gasteiger partial charge in [-0.1, -0.05) is 24.3 Å². The van der Waals surface area contributed by atoms with Gasteiger partial charge in [-0.2, -0.15) is 0 Å². The van der Waals surface area contributed by atoms with Crippen LogP contribution in [0.3, 0.4) is 0 Å². The zero-order chi connectivity index (χ0) is 14.2. The van der Waals surface area contributed by atoms with Crippen molar-refractivity contribution in [3.05, 3.63) is 56.8 Å². The Balaban J connectivity index is 1.54. The molecule has 1 aromatic carbocycles. The second kappa shape index (κ2) is 5.42. The molecule has 0 aliphatic heterocycles. The van der Waals surface area contributed by atoms with Crippen molar-refractivity contribution in [2.24, 2.45) is 0 Å². The highest BCUT2D eigenvalue weighted by molar-refractivity contribution is 7.14. The van der Waals surface area contributed by atoms with Crippen molar-refractivity contribution >= 4 is 17.1 Å². The van der Waals surface area contributed by atoms with Gasteiger partial charge in [0.25, 0.3) is 0 Å². The van der Waals surface area contributed by atoms with Crippen LogP contribution < -0.4 is 0 Å². The van der Waals surface area contributed by atoms with Crippen molar-refractivity contribution in [2.75, 3.05) is 0 Å². The molecule has 0 spiro atoms. The van der Waals surface area contributed by atoms with Crippen LogP contribution in [0.5, 0.6) is 0 Å². The van der Waals surface area contributed by atoms with Crippen LogP contribution in [0.2, 0.25) is 0 Å². The molecule has 21 heavy (non-hydrogen) atoms. The van der Waals surface area contributed by atoms with Crippen molar-refractivity contribution in [3.63, 3.8) is 0 Å². The fraction of sp³-hybridized carbons (Fsp3) is 0.421. The predicted molar refractivity (Wildman–Crippen MR) is 87.4 cm³/mol. The first-order valence-electron chi connectivity index (χ1n) is 8.04. The summed E-state index contributed by atoms with van der Waals surface area (Å²) < 4.78 is 0. The Morgan fingerprint density at radius 3 is 2.86 bits per heavy atom. The molecule has 0 saturated heterocycles. The second-order valence-electron chi connectivity index (χ2n) is 6.33. The molecule has 2 aliphatic rings. The Morgan fingerprint density at radius 1 is 1.10 bits per heavy atom. The molecule has 0 bridgehead atoms. The summed E-state index contributed by atoms with van der Waals surface area (Å²) in [6.07, 6.45) is 7.87. The number of carbonyl (C=O) groups excluding carboxylic acids is 1. The maximum Gasteiger partial charge on any atom is 0.173 e. The van der Waals surface area contributed by atoms with Gasteiger partial charge in [0, 0.05) is 11.3 Å². The fourth-order valence-electron chi connectivity index (χ4n) is 3.86. The van der Waals surface area contributed by atoms with Crippen molar-refractivity contribution in [3.8, 4) is 0 Å². The summed E-state index contributed by atoms with van der Waals surface area (Å²) in [5.74, 6) is 0.787. The van der Waals surface area contributed by atoms with E-state index in [9.17, 15) is 4.79 Å². The molecule has 2 aromatic rings. The van der Waals surface area contributed by atoms with Gasteiger partial charge in [0.2, 0.25) is 0 Å². The van der Waals surface area contributed by atoms with Gasteiger partial charge in [-0.3, -0.25) is 4.79 Å². The molecule has 1 nitrogen and oxygen atoms in total. The van der Waals surface area contributed by atoms with Crippen LogP contribution >= 0.6 is 11.3 Å². The Bertz CT molecular complexity index is 661. The Hall–Kier alpha value is -1.41. The van der Waals surface area contributed by atoms with E-state index in [1.807, 2.05) is 0 Å². The number of carbonyl (C=O) groups is 1. The molecular formula is C19H20OS. The van der Waals surface area contributed by atoms with Crippen molar-refractivity contribution in [1.29, 1.82) is 0 Å². The highest BCUT2D eigenvalue weighted by Gasteiger charge is 2.25. The quantitative estimate of drug-likeness (QED) is 0.734. The summed E-state index contributed by atoms with van der Waals surface area (Å²) >= 11 is 1.75. The van der Waals surface area contributed by atoms with Crippen LogP contribution in [0.1, 0.15) is 62.8 Å². The molecule has 1 aromatic heterocycles. The average Bonchev–Trinajstić information content (AvgIpc) is 3.09. The predicted octanol–water partition coefficient (Wildman–Crippen LogP) is 4.93. The molecule has 1 unspecified atom stereocenters. The van der Waals surface area contributed by atoms with E-state index < -0.39 is 0 Å². The summed E-state index contributed by atoms with van der Waals surface area (Å²) in [6, 6.07) is 10.9. The lowest BCUT2D eigenvalue weighted by Gasteiger charge is -2.24. The highest BCUT2D eigenvalue weighted by Crippen LogP contribution is 2.37. The number of Topliss-reactive ketones (excluding diaryl/α,β-unsaturated/α-hetero) is 1. The van der Waals surface area contributed by atoms with Crippen LogP contribution in [0, 0.1) is 0 Å². The maximum atomic E-state index is 12.6. The molecule has 1 atom stereocenters. The summed E-state index contributed by atoms with van der Waals surface area (Å²) in [4.78, 5) is 15.1. The van der Waals surface area contributed by atoms with Gasteiger partial charge in [0.15, 0.2) is 5.78 Å². The van der Waals surface area contributed by atoms with Gasteiger partial charge in [-0.15, -0.1) is 11.3 Å². The standard InChI is InChI=1S/C19H20OS/c20-17(19-12-15-8-4-10-18(15)21-19)11-14-7-3-6-13-5-1-2-9-16(13)14/h1-2,5,9,12,14H,3-4,6-8,10-11H2. The largest absolute Gasteiger partial charge is 0.293 e. The SMILES string of the molecule is O=C(CC1CCCc2ccccc21)c1cc2c(s1)CCC2. The zero-order valence-corrected chi connectivity index (χ0v) is 13.0. The van der Waals surface area contributed by atoms with Crippen molar-refractivity contribution in [1.82, 2.24) is 0 Å². The molecule has 0 saturated carbocycles. The number of rotatable bonds is 3. The van der Waals surface area contributed by atoms with E-state index in [1.54, 1.807) is 11.3 Å². The minimum absolute atomic E-state index is 0.358. The molecule has 0 fully saturated rings. The van der Waals surface area contributed by atoms with Gasteiger partial charge in [0.05, 0.1) is 4.88 Å². The number of hydrogen-bond donors (Lipinski definition) is 0. The van der Waals surface area contributed by atoms with Gasteiger partial charge < -0.3 is 0 Å². The summed E-state index contributed by atoms with van der Waals surface area (Å²) in [5, 5.41) is 0. The molecule has 0 N–H and O–H groups in total. The number of ketones is 1. The molecule has 1 heterocycles. The molecule has 108 valence electrons. The fourth-order valence-corrected chi connectivity index (χ4v) is 5.06. The van der Waals surface area contributed by atoms with Crippen LogP contribution in [0.25, 0.3) is 0 Å². The molecular weight excluding hydrogens is 276 g/mol. The van der Waals surface area contributed by atoms with E-state index in [1.165, 1.54) is 53.7 Å². The summed E-state index contributed by atoms with van der Waals surface area (Å²) in [6.45, 7) is 0. The van der Waals surface area contributed by atoms with Gasteiger partial charge >= 0.3 is 0 Å². The lowest BCUT2D eigenvalue weighted by Crippen LogP contribution is -2.13. The van der Waals surface area contributed by atoms with E-state index in [2.05, 4.69) is 30.3 Å². The number of benzene rings is 1. The normalized spacial score (nSPS) is 20.1. The summed E-state index contributed by atoms with van der Waals surface area (Å²) in [5.41, 5.74) is 4.31. The van der Waals surface area contributed by atoms with Crippen molar-refractivity contribution < 1.29 is 4.79 Å². The van der Waals surface area contributed by atoms with Crippen LogP contribution in [-0.4, -0.2) is 5.78 Å². The van der Waals surface area contributed by atoms with Gasteiger partial charge in [-0.25, -0.2) is 0 Å². The topological polar surface area (TPSA) is 17.1 Å². The smallest absolute Gasteiger partial charge is 0.173 e. The molecule has 0 amide bonds. The average molecular weight is 296 g/mol. The van der Waals surface area contributed by atoms with Crippen LogP contribution in [-0.2, 0) is 19.3 Å². The van der Waals surface area contributed by atoms with E-state index in [-0.39, 0.29) is 0 Å². The van der Waals surface area contributed by atoms with Crippen molar-refractivity contribution in [2.45, 2.75) is 50.9 Å². The van der Waals surface area contributed by atoms with Crippen LogP contribution in [0.15, 0.2) is 30.3 Å². The lowest BCUT2D eigenvalue weighted by molar-refractivity contribution is 0.0975. The number of aryl methyl sites for hydroxylation is 3. The minimum Gasteiger partial charge on any atom is -0.293 e. The third kappa shape index (κ3) is 2.46. The van der Waals surface area contributed by atoms with E-state index >= 15 is 0 Å². The minimum atomic E-state index is 0.358. The number of fused-ring (bicyclic) bond motifs is 2. The number of thiophene rings is 1. The third-order valence-corrected chi connectivity index (χ3v) is 6.22. The van der Waals surface area contributed by atoms with Gasteiger partial charge in [0.1, 0.15) is 0 Å². The first kappa shape index (κ1) is 13.3. The maximum absolute atomic E-state index is 12.6. The van der Waals surface area contributed by atoms with E-state index in [0.29, 0.717) is 18.1 Å².